The molecule has 24 heavy (non-hydrogen) atoms. The molecule has 6 heteroatoms. The van der Waals surface area contributed by atoms with Crippen molar-refractivity contribution in [1.82, 2.24) is 0 Å². The Morgan fingerprint density at radius 3 is 2.21 bits per heavy atom. The number of hydrogen-bond acceptors (Lipinski definition) is 5. The lowest BCUT2D eigenvalue weighted by Crippen LogP contribution is -2.15. The number of ether oxygens (including phenoxy) is 3. The number of para-hydroxylation sites is 1. The van der Waals surface area contributed by atoms with Gasteiger partial charge >= 0.3 is 5.97 Å². The van der Waals surface area contributed by atoms with E-state index in [1.165, 1.54) is 21.3 Å². The van der Waals surface area contributed by atoms with E-state index in [1.807, 2.05) is 0 Å². The van der Waals surface area contributed by atoms with Crippen molar-refractivity contribution < 1.29 is 23.8 Å². The number of methoxy groups -OCH3 is 3. The zero-order valence-corrected chi connectivity index (χ0v) is 14.0. The summed E-state index contributed by atoms with van der Waals surface area (Å²) in [5.41, 5.74) is 1.87. The number of nitrogens with one attached hydrogen (secondary N) is 1. The lowest BCUT2D eigenvalue weighted by molar-refractivity contribution is 0.0599. The Morgan fingerprint density at radius 2 is 1.58 bits per heavy atom. The van der Waals surface area contributed by atoms with E-state index in [4.69, 9.17) is 14.2 Å². The first kappa shape index (κ1) is 17.3. The highest BCUT2D eigenvalue weighted by Crippen LogP contribution is 2.31. The van der Waals surface area contributed by atoms with Gasteiger partial charge in [0.25, 0.3) is 5.91 Å². The summed E-state index contributed by atoms with van der Waals surface area (Å²) in [5, 5.41) is 2.79. The molecule has 2 aromatic carbocycles. The van der Waals surface area contributed by atoms with E-state index in [9.17, 15) is 9.59 Å². The van der Waals surface area contributed by atoms with E-state index in [2.05, 4.69) is 5.32 Å². The fourth-order valence-electron chi connectivity index (χ4n) is 2.36. The van der Waals surface area contributed by atoms with Crippen LogP contribution in [0.2, 0.25) is 0 Å². The third kappa shape index (κ3) is 3.32. The molecule has 1 amide bonds. The highest BCUT2D eigenvalue weighted by atomic mass is 16.5. The Kier molecular flexibility index (Phi) is 5.42. The molecule has 0 saturated heterocycles. The summed E-state index contributed by atoms with van der Waals surface area (Å²) in [6.45, 7) is 1.74. The molecule has 0 heterocycles. The minimum absolute atomic E-state index is 0.333. The molecule has 2 rings (SSSR count). The maximum Gasteiger partial charge on any atom is 0.338 e. The number of carbonyl (C=O) groups is 2. The SMILES string of the molecule is COC(=O)c1cccc(NC(=O)c2cccc(OC)c2OC)c1C. The molecule has 126 valence electrons. The molecular weight excluding hydrogens is 310 g/mol. The van der Waals surface area contributed by atoms with Gasteiger partial charge in [0.1, 0.15) is 0 Å². The lowest BCUT2D eigenvalue weighted by atomic mass is 10.1. The van der Waals surface area contributed by atoms with Crippen molar-refractivity contribution in [3.05, 3.63) is 53.1 Å². The topological polar surface area (TPSA) is 73.9 Å². The molecule has 0 aliphatic carbocycles. The average molecular weight is 329 g/mol. The molecule has 0 radical (unpaired) electrons. The molecule has 0 unspecified atom stereocenters. The predicted octanol–water partition coefficient (Wildman–Crippen LogP) is 3.05. The summed E-state index contributed by atoms with van der Waals surface area (Å²) in [4.78, 5) is 24.4. The molecule has 0 aliphatic heterocycles. The number of anilines is 1. The Balaban J connectivity index is 2.36. The van der Waals surface area contributed by atoms with Gasteiger partial charge in [-0.3, -0.25) is 4.79 Å². The van der Waals surface area contributed by atoms with Gasteiger partial charge in [0.2, 0.25) is 0 Å². The molecule has 2 aromatic rings. The van der Waals surface area contributed by atoms with Gasteiger partial charge < -0.3 is 19.5 Å². The number of hydrogen-bond donors (Lipinski definition) is 1. The van der Waals surface area contributed by atoms with Crippen molar-refractivity contribution in [3.8, 4) is 11.5 Å². The second-order valence-corrected chi connectivity index (χ2v) is 4.96. The van der Waals surface area contributed by atoms with Gasteiger partial charge in [-0.2, -0.15) is 0 Å². The molecule has 1 N–H and O–H groups in total. The third-order valence-corrected chi connectivity index (χ3v) is 3.63. The van der Waals surface area contributed by atoms with E-state index >= 15 is 0 Å². The van der Waals surface area contributed by atoms with Crippen LogP contribution in [0.15, 0.2) is 36.4 Å². The summed E-state index contributed by atoms with van der Waals surface area (Å²) < 4.78 is 15.2. The van der Waals surface area contributed by atoms with Gasteiger partial charge in [-0.05, 0) is 36.8 Å². The standard InChI is InChI=1S/C18H19NO5/c1-11-12(18(21)24-4)7-5-9-14(11)19-17(20)13-8-6-10-15(22-2)16(13)23-3/h5-10H,1-4H3,(H,19,20). The zero-order valence-electron chi connectivity index (χ0n) is 14.0. The van der Waals surface area contributed by atoms with Gasteiger partial charge in [-0.1, -0.05) is 12.1 Å². The van der Waals surface area contributed by atoms with Crippen LogP contribution < -0.4 is 14.8 Å². The van der Waals surface area contributed by atoms with Crippen LogP contribution in [0.5, 0.6) is 11.5 Å². The van der Waals surface area contributed by atoms with Crippen molar-refractivity contribution in [1.29, 1.82) is 0 Å². The minimum atomic E-state index is -0.456. The van der Waals surface area contributed by atoms with E-state index in [1.54, 1.807) is 43.3 Å². The largest absolute Gasteiger partial charge is 0.493 e. The molecule has 0 saturated carbocycles. The molecule has 0 bridgehead atoms. The van der Waals surface area contributed by atoms with Crippen molar-refractivity contribution in [2.75, 3.05) is 26.6 Å². The van der Waals surface area contributed by atoms with Crippen molar-refractivity contribution in [2.24, 2.45) is 0 Å². The molecule has 0 aromatic heterocycles. The number of amides is 1. The van der Waals surface area contributed by atoms with Gasteiger partial charge in [0.15, 0.2) is 11.5 Å². The Hall–Kier alpha value is -3.02. The fourth-order valence-corrected chi connectivity index (χ4v) is 2.36. The first-order valence-electron chi connectivity index (χ1n) is 7.23. The van der Waals surface area contributed by atoms with E-state index in [0.717, 1.165) is 0 Å². The van der Waals surface area contributed by atoms with E-state index < -0.39 is 5.97 Å². The summed E-state index contributed by atoms with van der Waals surface area (Å²) in [5.74, 6) is -0.0112. The predicted molar refractivity (Wildman–Crippen MR) is 90.0 cm³/mol. The van der Waals surface area contributed by atoms with E-state index in [-0.39, 0.29) is 5.91 Å². The molecule has 0 spiro atoms. The van der Waals surface area contributed by atoms with Crippen LogP contribution in [0, 0.1) is 6.92 Å². The Morgan fingerprint density at radius 1 is 0.917 bits per heavy atom. The average Bonchev–Trinajstić information content (AvgIpc) is 2.61. The van der Waals surface area contributed by atoms with Gasteiger partial charge in [-0.25, -0.2) is 4.79 Å². The first-order chi connectivity index (χ1) is 11.5. The maximum atomic E-state index is 12.6. The number of carbonyl (C=O) groups excluding carboxylic acids is 2. The highest BCUT2D eigenvalue weighted by Gasteiger charge is 2.18. The maximum absolute atomic E-state index is 12.6. The smallest absolute Gasteiger partial charge is 0.338 e. The lowest BCUT2D eigenvalue weighted by Gasteiger charge is -2.14. The number of esters is 1. The quantitative estimate of drug-likeness (QED) is 0.854. The second-order valence-electron chi connectivity index (χ2n) is 4.96. The fraction of sp³-hybridized carbons (Fsp3) is 0.222. The van der Waals surface area contributed by atoms with Crippen LogP contribution in [0.25, 0.3) is 0 Å². The Bertz CT molecular complexity index is 770. The Labute approximate surface area is 140 Å². The van der Waals surface area contributed by atoms with Gasteiger partial charge in [-0.15, -0.1) is 0 Å². The summed E-state index contributed by atoms with van der Waals surface area (Å²) in [6, 6.07) is 10.1. The van der Waals surface area contributed by atoms with Crippen LogP contribution >= 0.6 is 0 Å². The number of rotatable bonds is 5. The van der Waals surface area contributed by atoms with Gasteiger partial charge in [0, 0.05) is 5.69 Å². The molecular formula is C18H19NO5. The van der Waals surface area contributed by atoms with Crippen LogP contribution in [-0.4, -0.2) is 33.2 Å². The highest BCUT2D eigenvalue weighted by molar-refractivity contribution is 6.07. The summed E-state index contributed by atoms with van der Waals surface area (Å²) >= 11 is 0. The molecule has 6 nitrogen and oxygen atoms in total. The summed E-state index contributed by atoms with van der Waals surface area (Å²) in [6.07, 6.45) is 0. The van der Waals surface area contributed by atoms with E-state index in [0.29, 0.717) is 33.9 Å². The van der Waals surface area contributed by atoms with Gasteiger partial charge in [0.05, 0.1) is 32.5 Å². The normalized spacial score (nSPS) is 10.0. The molecule has 0 fully saturated rings. The van der Waals surface area contributed by atoms with Crippen molar-refractivity contribution in [3.63, 3.8) is 0 Å². The minimum Gasteiger partial charge on any atom is -0.493 e. The zero-order chi connectivity index (χ0) is 17.7. The van der Waals surface area contributed by atoms with Crippen LogP contribution in [-0.2, 0) is 4.74 Å². The van der Waals surface area contributed by atoms with Crippen molar-refractivity contribution >= 4 is 17.6 Å². The molecule has 0 atom stereocenters. The first-order valence-corrected chi connectivity index (χ1v) is 7.23. The number of benzene rings is 2. The second kappa shape index (κ2) is 7.50. The van der Waals surface area contributed by atoms with Crippen LogP contribution in [0.3, 0.4) is 0 Å². The van der Waals surface area contributed by atoms with Crippen LogP contribution in [0.4, 0.5) is 5.69 Å². The van der Waals surface area contributed by atoms with Crippen molar-refractivity contribution in [2.45, 2.75) is 6.92 Å². The van der Waals surface area contributed by atoms with Crippen LogP contribution in [0.1, 0.15) is 26.3 Å². The summed E-state index contributed by atoms with van der Waals surface area (Å²) in [7, 11) is 4.29. The third-order valence-electron chi connectivity index (χ3n) is 3.63. The molecule has 0 aliphatic rings. The monoisotopic (exact) mass is 329 g/mol.